The molecule has 0 aliphatic carbocycles. The molecule has 17 heavy (non-hydrogen) atoms. The number of anilines is 1. The second-order valence-corrected chi connectivity index (χ2v) is 3.88. The quantitative estimate of drug-likeness (QED) is 0.808. The van der Waals surface area contributed by atoms with Crippen LogP contribution in [-0.2, 0) is 6.54 Å². The van der Waals surface area contributed by atoms with Gasteiger partial charge in [-0.3, -0.25) is 0 Å². The average Bonchev–Trinajstić information content (AvgIpc) is 2.75. The number of nitrogens with zero attached hydrogens (tertiary/aromatic N) is 3. The minimum Gasteiger partial charge on any atom is -0.464 e. The molecule has 0 aliphatic rings. The summed E-state index contributed by atoms with van der Waals surface area (Å²) in [6.45, 7) is 2.61. The molecule has 4 nitrogen and oxygen atoms in total. The number of rotatable bonds is 3. The van der Waals surface area contributed by atoms with Gasteiger partial charge in [0.1, 0.15) is 23.3 Å². The molecule has 2 rings (SSSR count). The molecule has 0 bridgehead atoms. The Morgan fingerprint density at radius 3 is 2.71 bits per heavy atom. The molecule has 0 fully saturated rings. The third kappa shape index (κ3) is 2.64. The molecule has 2 heterocycles. The molecule has 0 N–H and O–H groups in total. The maximum Gasteiger partial charge on any atom is 0.140 e. The molecule has 0 unspecified atom stereocenters. The zero-order chi connectivity index (χ0) is 12.3. The number of hydrogen-bond donors (Lipinski definition) is 0. The van der Waals surface area contributed by atoms with Crippen LogP contribution in [0.1, 0.15) is 17.2 Å². The van der Waals surface area contributed by atoms with Crippen molar-refractivity contribution >= 4 is 5.69 Å². The van der Waals surface area contributed by atoms with Gasteiger partial charge >= 0.3 is 0 Å². The van der Waals surface area contributed by atoms with E-state index in [0.717, 1.165) is 17.2 Å². The van der Waals surface area contributed by atoms with Crippen LogP contribution in [0.4, 0.5) is 5.69 Å². The van der Waals surface area contributed by atoms with E-state index in [1.54, 1.807) is 12.3 Å². The lowest BCUT2D eigenvalue weighted by Crippen LogP contribution is -2.16. The first-order chi connectivity index (χ1) is 8.19. The summed E-state index contributed by atoms with van der Waals surface area (Å²) in [6.07, 6.45) is 1.69. The molecule has 0 radical (unpaired) electrons. The number of aromatic nitrogens is 1. The van der Waals surface area contributed by atoms with E-state index in [1.807, 2.05) is 43.1 Å². The molecule has 2 aromatic heterocycles. The van der Waals surface area contributed by atoms with Gasteiger partial charge in [-0.15, -0.1) is 0 Å². The summed E-state index contributed by atoms with van der Waals surface area (Å²) in [5.74, 6) is 1.82. The van der Waals surface area contributed by atoms with Crippen LogP contribution in [0.3, 0.4) is 0 Å². The number of aryl methyl sites for hydroxylation is 1. The highest BCUT2D eigenvalue weighted by Crippen LogP contribution is 2.15. The van der Waals surface area contributed by atoms with E-state index in [-0.39, 0.29) is 0 Å². The van der Waals surface area contributed by atoms with E-state index in [2.05, 4.69) is 4.98 Å². The summed E-state index contributed by atoms with van der Waals surface area (Å²) in [7, 11) is 1.96. The highest BCUT2D eigenvalue weighted by Gasteiger charge is 2.05. The molecule has 86 valence electrons. The van der Waals surface area contributed by atoms with Gasteiger partial charge in [0.2, 0.25) is 0 Å². The van der Waals surface area contributed by atoms with Crippen LogP contribution in [0.2, 0.25) is 0 Å². The summed E-state index contributed by atoms with van der Waals surface area (Å²) < 4.78 is 5.51. The topological polar surface area (TPSA) is 53.1 Å². The van der Waals surface area contributed by atoms with Gasteiger partial charge in [-0.2, -0.15) is 5.26 Å². The number of furan rings is 1. The second-order valence-electron chi connectivity index (χ2n) is 3.88. The van der Waals surface area contributed by atoms with Gasteiger partial charge in [-0.25, -0.2) is 4.98 Å². The third-order valence-corrected chi connectivity index (χ3v) is 2.49. The Kier molecular flexibility index (Phi) is 3.10. The normalized spacial score (nSPS) is 9.94. The minimum absolute atomic E-state index is 0.427. The minimum atomic E-state index is 0.427. The lowest BCUT2D eigenvalue weighted by molar-refractivity contribution is 0.482. The maximum atomic E-state index is 8.66. The van der Waals surface area contributed by atoms with E-state index in [9.17, 15) is 0 Å². The lowest BCUT2D eigenvalue weighted by atomic mass is 10.3. The highest BCUT2D eigenvalue weighted by atomic mass is 16.3. The second kappa shape index (κ2) is 4.71. The molecule has 0 atom stereocenters. The molecule has 0 amide bonds. The number of pyridine rings is 1. The Hall–Kier alpha value is -2.28. The van der Waals surface area contributed by atoms with Gasteiger partial charge in [0.05, 0.1) is 18.4 Å². The largest absolute Gasteiger partial charge is 0.464 e. The van der Waals surface area contributed by atoms with E-state index in [0.29, 0.717) is 12.2 Å². The van der Waals surface area contributed by atoms with Crippen molar-refractivity contribution in [2.75, 3.05) is 11.9 Å². The first-order valence-corrected chi connectivity index (χ1v) is 5.31. The molecule has 2 aromatic rings. The fourth-order valence-corrected chi connectivity index (χ4v) is 1.57. The van der Waals surface area contributed by atoms with Crippen LogP contribution in [0.25, 0.3) is 0 Å². The number of hydrogen-bond acceptors (Lipinski definition) is 4. The predicted molar refractivity (Wildman–Crippen MR) is 64.5 cm³/mol. The summed E-state index contributed by atoms with van der Waals surface area (Å²) in [4.78, 5) is 6.05. The van der Waals surface area contributed by atoms with Crippen molar-refractivity contribution in [1.29, 1.82) is 5.26 Å². The van der Waals surface area contributed by atoms with Crippen LogP contribution in [0, 0.1) is 18.3 Å². The van der Waals surface area contributed by atoms with E-state index in [4.69, 9.17) is 9.68 Å². The zero-order valence-corrected chi connectivity index (χ0v) is 9.84. The Balaban J connectivity index is 2.09. The lowest BCUT2D eigenvalue weighted by Gasteiger charge is -2.17. The van der Waals surface area contributed by atoms with E-state index in [1.165, 1.54) is 0 Å². The van der Waals surface area contributed by atoms with Crippen molar-refractivity contribution in [3.05, 3.63) is 47.7 Å². The summed E-state index contributed by atoms with van der Waals surface area (Å²) in [5.41, 5.74) is 1.38. The van der Waals surface area contributed by atoms with Crippen LogP contribution >= 0.6 is 0 Å². The zero-order valence-electron chi connectivity index (χ0n) is 9.84. The molecule has 4 heteroatoms. The van der Waals surface area contributed by atoms with Gasteiger partial charge in [0.15, 0.2) is 0 Å². The van der Waals surface area contributed by atoms with Gasteiger partial charge in [0, 0.05) is 7.05 Å². The average molecular weight is 227 g/mol. The van der Waals surface area contributed by atoms with Crippen LogP contribution in [0.5, 0.6) is 0 Å². The third-order valence-electron chi connectivity index (χ3n) is 2.49. The monoisotopic (exact) mass is 227 g/mol. The summed E-state index contributed by atoms with van der Waals surface area (Å²) in [5, 5.41) is 8.66. The highest BCUT2D eigenvalue weighted by molar-refractivity contribution is 5.45. The van der Waals surface area contributed by atoms with E-state index >= 15 is 0 Å². The summed E-state index contributed by atoms with van der Waals surface area (Å²) in [6, 6.07) is 9.49. The van der Waals surface area contributed by atoms with Gasteiger partial charge in [-0.05, 0) is 31.2 Å². The van der Waals surface area contributed by atoms with Crippen molar-refractivity contribution in [3.63, 3.8) is 0 Å². The molecule has 0 aliphatic heterocycles. The Bertz CT molecular complexity index is 537. The Morgan fingerprint density at radius 2 is 2.18 bits per heavy atom. The van der Waals surface area contributed by atoms with Crippen molar-refractivity contribution in [1.82, 2.24) is 4.98 Å². The SMILES string of the molecule is Cc1ccc(CN(C)c2ccc(C#N)nc2)o1. The van der Waals surface area contributed by atoms with E-state index < -0.39 is 0 Å². The molecule has 0 aromatic carbocycles. The van der Waals surface area contributed by atoms with Crippen LogP contribution < -0.4 is 4.90 Å². The number of nitriles is 1. The van der Waals surface area contributed by atoms with Crippen molar-refractivity contribution < 1.29 is 4.42 Å². The first kappa shape index (κ1) is 11.2. The van der Waals surface area contributed by atoms with Gasteiger partial charge < -0.3 is 9.32 Å². The van der Waals surface area contributed by atoms with Crippen molar-refractivity contribution in [2.45, 2.75) is 13.5 Å². The molecular weight excluding hydrogens is 214 g/mol. The molecular formula is C13H13N3O. The molecule has 0 saturated heterocycles. The Labute approximate surface area is 100 Å². The van der Waals surface area contributed by atoms with Crippen LogP contribution in [0.15, 0.2) is 34.9 Å². The van der Waals surface area contributed by atoms with Gasteiger partial charge in [0.25, 0.3) is 0 Å². The standard InChI is InChI=1S/C13H13N3O/c1-10-3-6-13(17-10)9-16(2)12-5-4-11(7-14)15-8-12/h3-6,8H,9H2,1-2H3. The molecule has 0 spiro atoms. The predicted octanol–water partition coefficient (Wildman–Crippen LogP) is 2.49. The maximum absolute atomic E-state index is 8.66. The van der Waals surface area contributed by atoms with Crippen molar-refractivity contribution in [2.24, 2.45) is 0 Å². The molecule has 0 saturated carbocycles. The Morgan fingerprint density at radius 1 is 1.35 bits per heavy atom. The summed E-state index contributed by atoms with van der Waals surface area (Å²) >= 11 is 0. The van der Waals surface area contributed by atoms with Gasteiger partial charge in [-0.1, -0.05) is 0 Å². The van der Waals surface area contributed by atoms with Crippen molar-refractivity contribution in [3.8, 4) is 6.07 Å². The smallest absolute Gasteiger partial charge is 0.140 e. The van der Waals surface area contributed by atoms with Crippen LogP contribution in [-0.4, -0.2) is 12.0 Å². The fourth-order valence-electron chi connectivity index (χ4n) is 1.57. The fraction of sp³-hybridized carbons (Fsp3) is 0.231. The first-order valence-electron chi connectivity index (χ1n) is 5.31.